The molecule has 46 heavy (non-hydrogen) atoms. The number of hydrogen-bond donors (Lipinski definition) is 4. The summed E-state index contributed by atoms with van der Waals surface area (Å²) in [5.41, 5.74) is 3.71. The van der Waals surface area contributed by atoms with Crippen LogP contribution in [0.2, 0.25) is 0 Å². The van der Waals surface area contributed by atoms with Crippen LogP contribution in [0.5, 0.6) is 0 Å². The highest BCUT2D eigenvalue weighted by Gasteiger charge is 2.30. The van der Waals surface area contributed by atoms with Crippen molar-refractivity contribution in [3.63, 3.8) is 0 Å². The van der Waals surface area contributed by atoms with E-state index < -0.39 is 30.0 Å². The van der Waals surface area contributed by atoms with Gasteiger partial charge in [0.2, 0.25) is 11.8 Å². The average molecular weight is 622 g/mol. The Morgan fingerprint density at radius 2 is 1.57 bits per heavy atom. The molecule has 0 unspecified atom stereocenters. The minimum atomic E-state index is -0.826. The molecular weight excluding hydrogens is 582 g/mol. The van der Waals surface area contributed by atoms with Gasteiger partial charge in [-0.25, -0.2) is 14.6 Å². The third-order valence-corrected chi connectivity index (χ3v) is 7.56. The molecule has 3 amide bonds. The van der Waals surface area contributed by atoms with Crippen LogP contribution in [0.3, 0.4) is 0 Å². The van der Waals surface area contributed by atoms with Crippen LogP contribution in [0.25, 0.3) is 10.9 Å². The van der Waals surface area contributed by atoms with E-state index in [0.29, 0.717) is 19.4 Å². The van der Waals surface area contributed by atoms with Gasteiger partial charge in [-0.15, -0.1) is 0 Å². The first-order chi connectivity index (χ1) is 22.3. The number of hydrogen-bond acceptors (Lipinski definition) is 6. The second-order valence-corrected chi connectivity index (χ2v) is 11.6. The number of nitrogens with one attached hydrogen (secondary N) is 4. The number of urea groups is 1. The fourth-order valence-corrected chi connectivity index (χ4v) is 5.23. The van der Waals surface area contributed by atoms with Gasteiger partial charge in [-0.05, 0) is 42.0 Å². The summed E-state index contributed by atoms with van der Waals surface area (Å²) < 4.78 is 11.5. The number of fused-ring (bicyclic) bond motifs is 1. The Kier molecular flexibility index (Phi) is 10.5. The predicted octanol–water partition coefficient (Wildman–Crippen LogP) is 6.14. The number of rotatable bonds is 13. The molecule has 0 saturated heterocycles. The van der Waals surface area contributed by atoms with E-state index in [4.69, 9.17) is 9.15 Å². The molecule has 0 fully saturated rings. The lowest BCUT2D eigenvalue weighted by Crippen LogP contribution is -2.51. The molecule has 0 aliphatic heterocycles. The second kappa shape index (κ2) is 15.1. The number of aryl methyl sites for hydroxylation is 1. The van der Waals surface area contributed by atoms with Crippen molar-refractivity contribution in [1.29, 1.82) is 0 Å². The summed E-state index contributed by atoms with van der Waals surface area (Å²) in [5, 5.41) is 9.71. The van der Waals surface area contributed by atoms with Gasteiger partial charge in [0.25, 0.3) is 0 Å². The molecule has 2 aromatic heterocycles. The summed E-state index contributed by atoms with van der Waals surface area (Å²) in [4.78, 5) is 47.5. The van der Waals surface area contributed by atoms with Crippen molar-refractivity contribution in [1.82, 2.24) is 25.9 Å². The fraction of sp³-hybridized carbons (Fsp3) is 0.278. The standard InChI is InChI=1S/C36H39N5O5/c1-23(2)18-30(40-36(44)38-20-25-12-6-4-7-13-25)33(42)39-31(19-27-21-37-29-17-11-10-16-28(27)29)34-41-32(24(3)46-34)35(43)45-22-26-14-8-5-9-15-26/h4-17,21,23,30-31,37H,18-20,22H2,1-3H3,(H,39,42)(H2,38,40,44)/t30-,31+/m0/s1. The second-order valence-electron chi connectivity index (χ2n) is 11.6. The lowest BCUT2D eigenvalue weighted by molar-refractivity contribution is -0.124. The molecule has 10 heteroatoms. The van der Waals surface area contributed by atoms with Gasteiger partial charge in [-0.2, -0.15) is 0 Å². The molecule has 0 aliphatic rings. The highest BCUT2D eigenvalue weighted by Crippen LogP contribution is 2.26. The quantitative estimate of drug-likeness (QED) is 0.117. The van der Waals surface area contributed by atoms with Crippen LogP contribution in [-0.4, -0.2) is 33.9 Å². The topological polar surface area (TPSA) is 138 Å². The molecule has 5 aromatic rings. The molecule has 0 radical (unpaired) electrons. The van der Waals surface area contributed by atoms with E-state index in [-0.39, 0.29) is 29.9 Å². The van der Waals surface area contributed by atoms with Crippen LogP contribution in [0.4, 0.5) is 4.79 Å². The first kappa shape index (κ1) is 32.0. The number of esters is 1. The lowest BCUT2D eigenvalue weighted by Gasteiger charge is -2.23. The van der Waals surface area contributed by atoms with Gasteiger partial charge in [0, 0.05) is 30.1 Å². The maximum absolute atomic E-state index is 13.8. The third-order valence-electron chi connectivity index (χ3n) is 7.56. The van der Waals surface area contributed by atoms with Gasteiger partial charge in [0.05, 0.1) is 0 Å². The largest absolute Gasteiger partial charge is 0.456 e. The highest BCUT2D eigenvalue weighted by molar-refractivity contribution is 5.89. The minimum Gasteiger partial charge on any atom is -0.456 e. The summed E-state index contributed by atoms with van der Waals surface area (Å²) in [6, 6.07) is 24.7. The number of carbonyl (C=O) groups is 3. The molecule has 4 N–H and O–H groups in total. The van der Waals surface area contributed by atoms with Gasteiger partial charge in [0.15, 0.2) is 5.69 Å². The zero-order chi connectivity index (χ0) is 32.5. The maximum Gasteiger partial charge on any atom is 0.360 e. The fourth-order valence-electron chi connectivity index (χ4n) is 5.23. The van der Waals surface area contributed by atoms with E-state index in [9.17, 15) is 14.4 Å². The number of nitrogens with zero attached hydrogens (tertiary/aromatic N) is 1. The number of amides is 3. The number of H-pyrrole nitrogens is 1. The number of aromatic nitrogens is 2. The number of para-hydroxylation sites is 1. The van der Waals surface area contributed by atoms with Crippen LogP contribution in [-0.2, 0) is 29.1 Å². The molecule has 2 heterocycles. The Labute approximate surface area is 267 Å². The molecule has 0 spiro atoms. The Balaban J connectivity index is 1.35. The summed E-state index contributed by atoms with van der Waals surface area (Å²) in [6.45, 7) is 6.02. The molecule has 0 saturated carbocycles. The van der Waals surface area contributed by atoms with Crippen molar-refractivity contribution < 1.29 is 23.5 Å². The normalized spacial score (nSPS) is 12.4. The van der Waals surface area contributed by atoms with Gasteiger partial charge in [0.1, 0.15) is 24.5 Å². The Morgan fingerprint density at radius 1 is 0.891 bits per heavy atom. The highest BCUT2D eigenvalue weighted by atomic mass is 16.5. The Morgan fingerprint density at radius 3 is 2.28 bits per heavy atom. The SMILES string of the molecule is Cc1oc([C@@H](Cc2c[nH]c3ccccc23)NC(=O)[C@H](CC(C)C)NC(=O)NCc2ccccc2)nc1C(=O)OCc1ccccc1. The molecule has 0 aliphatic carbocycles. The Hall–Kier alpha value is -5.38. The average Bonchev–Trinajstić information content (AvgIpc) is 3.66. The molecular formula is C36H39N5O5. The monoisotopic (exact) mass is 621 g/mol. The minimum absolute atomic E-state index is 0.0428. The third kappa shape index (κ3) is 8.41. The van der Waals surface area contributed by atoms with E-state index in [1.165, 1.54) is 0 Å². The van der Waals surface area contributed by atoms with Crippen LogP contribution in [0.1, 0.15) is 65.1 Å². The number of carbonyl (C=O) groups excluding carboxylic acids is 3. The van der Waals surface area contributed by atoms with Crippen LogP contribution in [0.15, 0.2) is 95.5 Å². The number of oxazole rings is 1. The maximum atomic E-state index is 13.8. The molecule has 2 atom stereocenters. The number of ether oxygens (including phenoxy) is 1. The predicted molar refractivity (Wildman–Crippen MR) is 175 cm³/mol. The van der Waals surface area contributed by atoms with E-state index in [0.717, 1.165) is 27.6 Å². The molecule has 238 valence electrons. The smallest absolute Gasteiger partial charge is 0.360 e. The summed E-state index contributed by atoms with van der Waals surface area (Å²) in [5.74, 6) is -0.448. The molecule has 5 rings (SSSR count). The van der Waals surface area contributed by atoms with E-state index in [1.807, 2.05) is 105 Å². The number of aromatic amines is 1. The summed E-state index contributed by atoms with van der Waals surface area (Å²) in [7, 11) is 0. The van der Waals surface area contributed by atoms with Crippen molar-refractivity contribution >= 4 is 28.8 Å². The zero-order valence-corrected chi connectivity index (χ0v) is 26.2. The van der Waals surface area contributed by atoms with E-state index in [2.05, 4.69) is 25.9 Å². The van der Waals surface area contributed by atoms with Crippen molar-refractivity contribution in [2.75, 3.05) is 0 Å². The van der Waals surface area contributed by atoms with Crippen LogP contribution < -0.4 is 16.0 Å². The van der Waals surface area contributed by atoms with Crippen LogP contribution in [0, 0.1) is 12.8 Å². The van der Waals surface area contributed by atoms with Crippen LogP contribution >= 0.6 is 0 Å². The summed E-state index contributed by atoms with van der Waals surface area (Å²) >= 11 is 0. The van der Waals surface area contributed by atoms with Gasteiger partial charge < -0.3 is 30.1 Å². The first-order valence-corrected chi connectivity index (χ1v) is 15.4. The molecule has 3 aromatic carbocycles. The van der Waals surface area contributed by atoms with Crippen molar-refractivity contribution in [2.24, 2.45) is 5.92 Å². The van der Waals surface area contributed by atoms with Crippen molar-refractivity contribution in [3.8, 4) is 0 Å². The number of benzene rings is 3. The zero-order valence-electron chi connectivity index (χ0n) is 26.2. The van der Waals surface area contributed by atoms with Crippen molar-refractivity contribution in [3.05, 3.63) is 125 Å². The first-order valence-electron chi connectivity index (χ1n) is 15.4. The molecule has 10 nitrogen and oxygen atoms in total. The molecule has 0 bridgehead atoms. The van der Waals surface area contributed by atoms with Gasteiger partial charge in [-0.1, -0.05) is 92.7 Å². The van der Waals surface area contributed by atoms with Gasteiger partial charge in [-0.3, -0.25) is 4.79 Å². The van der Waals surface area contributed by atoms with Gasteiger partial charge >= 0.3 is 12.0 Å². The van der Waals surface area contributed by atoms with Crippen molar-refractivity contribution in [2.45, 2.75) is 58.8 Å². The summed E-state index contributed by atoms with van der Waals surface area (Å²) in [6.07, 6.45) is 2.62. The Bertz CT molecular complexity index is 1760. The van der Waals surface area contributed by atoms with E-state index in [1.54, 1.807) is 6.92 Å². The van der Waals surface area contributed by atoms with E-state index >= 15 is 0 Å². The lowest BCUT2D eigenvalue weighted by atomic mass is 10.0.